The third-order valence-corrected chi connectivity index (χ3v) is 8.38. The fourth-order valence-electron chi connectivity index (χ4n) is 6.77. The molecule has 3 aliphatic rings. The van der Waals surface area contributed by atoms with Crippen molar-refractivity contribution in [3.8, 4) is 11.8 Å². The van der Waals surface area contributed by atoms with Gasteiger partial charge >= 0.3 is 0 Å². The number of H-pyrrole nitrogens is 1. The number of amides is 1. The number of alkyl halides is 1. The van der Waals surface area contributed by atoms with Crippen molar-refractivity contribution in [3.05, 3.63) is 82.8 Å². The number of halogens is 1. The van der Waals surface area contributed by atoms with Gasteiger partial charge in [0.2, 0.25) is 0 Å². The molecule has 1 unspecified atom stereocenters. The van der Waals surface area contributed by atoms with Gasteiger partial charge in [-0.25, -0.2) is 14.4 Å². The highest BCUT2D eigenvalue weighted by atomic mass is 19.1. The minimum atomic E-state index is -0.948. The number of nitrogens with one attached hydrogen (secondary N) is 2. The fourth-order valence-corrected chi connectivity index (χ4v) is 6.77. The van der Waals surface area contributed by atoms with Crippen LogP contribution < -0.4 is 5.32 Å². The molecule has 1 spiro atoms. The topological polar surface area (TPSA) is 78.8 Å². The van der Waals surface area contributed by atoms with E-state index in [-0.39, 0.29) is 18.9 Å². The molecule has 1 aliphatic carbocycles. The van der Waals surface area contributed by atoms with E-state index in [9.17, 15) is 9.18 Å². The summed E-state index contributed by atoms with van der Waals surface area (Å²) in [6.07, 6.45) is 3.31. The molecule has 5 heterocycles. The second-order valence-electron chi connectivity index (χ2n) is 11.7. The van der Waals surface area contributed by atoms with Crippen LogP contribution >= 0.6 is 0 Å². The zero-order valence-corrected chi connectivity index (χ0v) is 22.2. The predicted molar refractivity (Wildman–Crippen MR) is 147 cm³/mol. The van der Waals surface area contributed by atoms with Crippen molar-refractivity contribution in [2.45, 2.75) is 44.9 Å². The van der Waals surface area contributed by atoms with Crippen LogP contribution in [0.1, 0.15) is 57.7 Å². The van der Waals surface area contributed by atoms with Gasteiger partial charge in [0.1, 0.15) is 17.9 Å². The lowest BCUT2D eigenvalue weighted by molar-refractivity contribution is -0.0651. The van der Waals surface area contributed by atoms with E-state index < -0.39 is 12.2 Å². The second kappa shape index (κ2) is 9.06. The van der Waals surface area contributed by atoms with Crippen LogP contribution in [0.3, 0.4) is 0 Å². The minimum Gasteiger partial charge on any atom is -0.356 e. The summed E-state index contributed by atoms with van der Waals surface area (Å²) in [5.74, 6) is 6.82. The maximum atomic E-state index is 14.3. The third-order valence-electron chi connectivity index (χ3n) is 8.38. The van der Waals surface area contributed by atoms with E-state index >= 15 is 0 Å². The van der Waals surface area contributed by atoms with Crippen molar-refractivity contribution in [2.75, 3.05) is 20.1 Å². The summed E-state index contributed by atoms with van der Waals surface area (Å²) in [7, 11) is 2.16. The zero-order chi connectivity index (χ0) is 26.7. The number of hydrogen-bond acceptors (Lipinski definition) is 4. The number of rotatable bonds is 4. The Morgan fingerprint density at radius 1 is 1.23 bits per heavy atom. The van der Waals surface area contributed by atoms with Gasteiger partial charge in [-0.3, -0.25) is 4.79 Å². The molecule has 39 heavy (non-hydrogen) atoms. The van der Waals surface area contributed by atoms with Crippen LogP contribution in [0.25, 0.3) is 10.9 Å². The molecule has 1 aromatic carbocycles. The van der Waals surface area contributed by atoms with E-state index in [0.29, 0.717) is 22.7 Å². The van der Waals surface area contributed by atoms with Gasteiger partial charge in [-0.15, -0.1) is 0 Å². The second-order valence-corrected chi connectivity index (χ2v) is 11.7. The van der Waals surface area contributed by atoms with Gasteiger partial charge in [0.15, 0.2) is 0 Å². The molecule has 2 fully saturated rings. The van der Waals surface area contributed by atoms with Crippen molar-refractivity contribution in [3.63, 3.8) is 0 Å². The number of carbonyl (C=O) groups is 1. The van der Waals surface area contributed by atoms with Crippen LogP contribution in [0.2, 0.25) is 0 Å². The summed E-state index contributed by atoms with van der Waals surface area (Å²) in [6.45, 7) is 4.51. The van der Waals surface area contributed by atoms with E-state index in [1.165, 1.54) is 13.1 Å². The summed E-state index contributed by atoms with van der Waals surface area (Å²) in [6, 6.07) is 13.1. The van der Waals surface area contributed by atoms with Crippen LogP contribution in [0.5, 0.6) is 0 Å². The van der Waals surface area contributed by atoms with Gasteiger partial charge in [-0.05, 0) is 61.9 Å². The number of aryl methyl sites for hydroxylation is 1. The molecule has 1 amide bonds. The quantitative estimate of drug-likeness (QED) is 0.395. The maximum Gasteiger partial charge on any atom is 0.270 e. The molecule has 2 atom stereocenters. The molecule has 4 aromatic rings. The molecule has 2 N–H and O–H groups in total. The Labute approximate surface area is 226 Å². The number of carbonyl (C=O) groups excluding carboxylic acids is 1. The van der Waals surface area contributed by atoms with E-state index in [1.54, 1.807) is 12.4 Å². The van der Waals surface area contributed by atoms with Crippen molar-refractivity contribution in [1.82, 2.24) is 29.7 Å². The van der Waals surface area contributed by atoms with E-state index in [0.717, 1.165) is 46.4 Å². The molecule has 7 rings (SSSR count). The lowest BCUT2D eigenvalue weighted by Gasteiger charge is -2.57. The Morgan fingerprint density at radius 2 is 2.05 bits per heavy atom. The average molecular weight is 523 g/mol. The predicted octanol–water partition coefficient (Wildman–Crippen LogP) is 4.17. The van der Waals surface area contributed by atoms with Crippen LogP contribution in [-0.4, -0.2) is 56.6 Å². The molecule has 8 heteroatoms. The summed E-state index contributed by atoms with van der Waals surface area (Å²) < 4.78 is 16.1. The smallest absolute Gasteiger partial charge is 0.270 e. The molecule has 7 nitrogen and oxygen atoms in total. The standard InChI is InChI=1S/C31H31FN6O/c1-19-9-20(7-8-21-13-31(14-21)16-37(2)17-31)10-26(34-19)30(39)36-28(25-11-22-5-3-4-6-24(22)35-25)29-27-12-23(32)15-38(27)18-33-29/h3-6,9-11,18,21,23,28,35H,12-17H2,1-2H3,(H,36,39)/t23-,28?/m1/s1. The zero-order valence-electron chi connectivity index (χ0n) is 22.2. The molecule has 0 radical (unpaired) electrons. The number of para-hydroxylation sites is 1. The van der Waals surface area contributed by atoms with Gasteiger partial charge < -0.3 is 19.8 Å². The van der Waals surface area contributed by atoms with Gasteiger partial charge in [-0.2, -0.15) is 0 Å². The number of nitrogens with zero attached hydrogens (tertiary/aromatic N) is 4. The van der Waals surface area contributed by atoms with Crippen LogP contribution in [0, 0.1) is 30.1 Å². The highest BCUT2D eigenvalue weighted by molar-refractivity contribution is 5.93. The molecule has 0 bridgehead atoms. The number of aromatic amines is 1. The highest BCUT2D eigenvalue weighted by Crippen LogP contribution is 2.51. The number of fused-ring (bicyclic) bond motifs is 2. The summed E-state index contributed by atoms with van der Waals surface area (Å²) in [5.41, 5.74) is 5.55. The number of benzene rings is 1. The Bertz CT molecular complexity index is 1610. The first kappa shape index (κ1) is 24.1. The number of aromatic nitrogens is 4. The van der Waals surface area contributed by atoms with Gasteiger partial charge in [0.25, 0.3) is 5.91 Å². The first-order valence-electron chi connectivity index (χ1n) is 13.6. The monoisotopic (exact) mass is 522 g/mol. The lowest BCUT2D eigenvalue weighted by Crippen LogP contribution is -2.60. The molecule has 198 valence electrons. The maximum absolute atomic E-state index is 14.3. The molecule has 3 aromatic heterocycles. The number of pyridine rings is 1. The minimum absolute atomic E-state index is 0.281. The third kappa shape index (κ3) is 4.41. The summed E-state index contributed by atoms with van der Waals surface area (Å²) >= 11 is 0. The first-order chi connectivity index (χ1) is 18.8. The number of likely N-dealkylation sites (tertiary alicyclic amines) is 1. The molecular weight excluding hydrogens is 491 g/mol. The van der Waals surface area contributed by atoms with Crippen LogP contribution in [0.4, 0.5) is 4.39 Å². The van der Waals surface area contributed by atoms with Crippen molar-refractivity contribution < 1.29 is 9.18 Å². The molecule has 2 aliphatic heterocycles. The summed E-state index contributed by atoms with van der Waals surface area (Å²) in [5, 5.41) is 4.18. The SMILES string of the molecule is Cc1cc(C#CC2CC3(C2)CN(C)C3)cc(C(=O)NC(c2cc3ccccc3[nH]2)c2ncn3c2C[C@@H](F)C3)n1. The van der Waals surface area contributed by atoms with E-state index in [2.05, 4.69) is 44.1 Å². The van der Waals surface area contributed by atoms with Crippen LogP contribution in [-0.2, 0) is 13.0 Å². The number of imidazole rings is 1. The van der Waals surface area contributed by atoms with E-state index in [4.69, 9.17) is 0 Å². The highest BCUT2D eigenvalue weighted by Gasteiger charge is 2.50. The van der Waals surface area contributed by atoms with Crippen molar-refractivity contribution in [1.29, 1.82) is 0 Å². The molecule has 1 saturated carbocycles. The summed E-state index contributed by atoms with van der Waals surface area (Å²) in [4.78, 5) is 28.5. The van der Waals surface area contributed by atoms with Gasteiger partial charge in [0, 0.05) is 53.6 Å². The molecule has 1 saturated heterocycles. The Hall–Kier alpha value is -3.96. The normalized spacial score (nSPS) is 20.6. The van der Waals surface area contributed by atoms with E-state index in [1.807, 2.05) is 47.9 Å². The Balaban J connectivity index is 1.16. The van der Waals surface area contributed by atoms with Gasteiger partial charge in [-0.1, -0.05) is 30.0 Å². The number of hydrogen-bond donors (Lipinski definition) is 2. The Morgan fingerprint density at radius 3 is 2.85 bits per heavy atom. The van der Waals surface area contributed by atoms with Gasteiger partial charge in [0.05, 0.1) is 18.6 Å². The van der Waals surface area contributed by atoms with Crippen molar-refractivity contribution in [2.24, 2.45) is 11.3 Å². The lowest BCUT2D eigenvalue weighted by atomic mass is 9.58. The molecular formula is C31H31FN6O. The average Bonchev–Trinajstić information content (AvgIpc) is 3.56. The fraction of sp³-hybridized carbons (Fsp3) is 0.387. The largest absolute Gasteiger partial charge is 0.356 e. The first-order valence-corrected chi connectivity index (χ1v) is 13.6. The van der Waals surface area contributed by atoms with Crippen LogP contribution in [0.15, 0.2) is 48.8 Å². The van der Waals surface area contributed by atoms with Crippen molar-refractivity contribution >= 4 is 16.8 Å². The Kier molecular flexibility index (Phi) is 5.60.